The largest absolute Gasteiger partial charge is 0.481 e. The van der Waals surface area contributed by atoms with Crippen molar-refractivity contribution >= 4 is 5.97 Å². The lowest BCUT2D eigenvalue weighted by atomic mass is 9.82. The Kier molecular flexibility index (Phi) is 8.07. The van der Waals surface area contributed by atoms with E-state index in [0.717, 1.165) is 19.3 Å². The monoisotopic (exact) mass is 248 g/mol. The van der Waals surface area contributed by atoms with Gasteiger partial charge in [0.05, 0.1) is 13.2 Å². The maximum Gasteiger partial charge on any atom is 0.314 e. The third kappa shape index (κ3) is 5.45. The summed E-state index contributed by atoms with van der Waals surface area (Å²) in [6, 6.07) is -0.330. The highest BCUT2D eigenvalue weighted by Crippen LogP contribution is 2.24. The zero-order valence-corrected chi connectivity index (χ0v) is 10.1. The lowest BCUT2D eigenvalue weighted by Crippen LogP contribution is -2.43. The van der Waals surface area contributed by atoms with E-state index >= 15 is 0 Å². The van der Waals surface area contributed by atoms with Gasteiger partial charge in [-0.25, -0.2) is 0 Å². The van der Waals surface area contributed by atoms with Crippen LogP contribution in [-0.2, 0) is 4.79 Å². The molecule has 0 fully saturated rings. The molecule has 0 aromatic heterocycles. The van der Waals surface area contributed by atoms with E-state index in [9.17, 15) is 4.79 Å². The van der Waals surface area contributed by atoms with E-state index in [2.05, 4.69) is 0 Å². The Morgan fingerprint density at radius 1 is 1.18 bits per heavy atom. The van der Waals surface area contributed by atoms with Crippen LogP contribution in [0.1, 0.15) is 32.1 Å². The number of carboxylic acids is 1. The Bertz CT molecular complexity index is 220. The van der Waals surface area contributed by atoms with Gasteiger partial charge in [0.25, 0.3) is 0 Å². The normalized spacial score (nSPS) is 13.6. The van der Waals surface area contributed by atoms with Crippen LogP contribution in [0.5, 0.6) is 0 Å². The first-order valence-electron chi connectivity index (χ1n) is 5.93. The number of carbonyl (C=O) groups is 1. The molecule has 0 saturated heterocycles. The topological polar surface area (TPSA) is 130 Å². The van der Waals surface area contributed by atoms with Gasteiger partial charge in [0, 0.05) is 6.04 Å². The number of carboxylic acid groups (broad SMARTS) is 1. The van der Waals surface area contributed by atoms with Crippen molar-refractivity contribution < 1.29 is 20.1 Å². The molecule has 0 bridgehead atoms. The Hall–Kier alpha value is -0.690. The molecule has 0 aliphatic carbocycles. The number of hydrogen-bond acceptors (Lipinski definition) is 5. The minimum Gasteiger partial charge on any atom is -0.481 e. The Labute approximate surface area is 102 Å². The maximum absolute atomic E-state index is 11.0. The van der Waals surface area contributed by atoms with Crippen molar-refractivity contribution in [2.75, 3.05) is 19.8 Å². The molecule has 0 rings (SSSR count). The van der Waals surface area contributed by atoms with Gasteiger partial charge in [0.2, 0.25) is 0 Å². The molecule has 0 saturated carbocycles. The predicted octanol–water partition coefficient (Wildman–Crippen LogP) is -0.721. The van der Waals surface area contributed by atoms with Crippen molar-refractivity contribution in [3.63, 3.8) is 0 Å². The second kappa shape index (κ2) is 8.41. The van der Waals surface area contributed by atoms with E-state index in [1.165, 1.54) is 0 Å². The molecule has 0 aliphatic heterocycles. The predicted molar refractivity (Wildman–Crippen MR) is 64.4 cm³/mol. The van der Waals surface area contributed by atoms with Crippen LogP contribution in [0.15, 0.2) is 0 Å². The van der Waals surface area contributed by atoms with Crippen molar-refractivity contribution in [1.82, 2.24) is 0 Å². The van der Waals surface area contributed by atoms with Crippen molar-refractivity contribution in [2.24, 2.45) is 16.9 Å². The van der Waals surface area contributed by atoms with Crippen LogP contribution in [0.2, 0.25) is 0 Å². The number of nitrogens with two attached hydrogens (primary N) is 2. The fourth-order valence-corrected chi connectivity index (χ4v) is 1.73. The van der Waals surface area contributed by atoms with Crippen LogP contribution >= 0.6 is 0 Å². The van der Waals surface area contributed by atoms with Gasteiger partial charge in [-0.1, -0.05) is 12.8 Å². The van der Waals surface area contributed by atoms with Crippen LogP contribution in [0.25, 0.3) is 0 Å². The van der Waals surface area contributed by atoms with E-state index in [-0.39, 0.29) is 12.5 Å². The summed E-state index contributed by atoms with van der Waals surface area (Å²) in [5.74, 6) is -1.21. The summed E-state index contributed by atoms with van der Waals surface area (Å²) >= 11 is 0. The minimum atomic E-state index is -1.52. The SMILES string of the molecule is NCCCCCC(N)CC(CO)(CO)C(=O)O. The van der Waals surface area contributed by atoms with Gasteiger partial charge in [0.15, 0.2) is 0 Å². The molecule has 0 aromatic rings. The van der Waals surface area contributed by atoms with Crippen molar-refractivity contribution in [3.05, 3.63) is 0 Å². The third-order valence-corrected chi connectivity index (χ3v) is 2.99. The van der Waals surface area contributed by atoms with E-state index < -0.39 is 24.6 Å². The summed E-state index contributed by atoms with van der Waals surface area (Å²) in [5, 5.41) is 27.2. The molecule has 7 N–H and O–H groups in total. The Morgan fingerprint density at radius 3 is 2.18 bits per heavy atom. The summed E-state index contributed by atoms with van der Waals surface area (Å²) in [4.78, 5) is 11.0. The first kappa shape index (κ1) is 16.3. The van der Waals surface area contributed by atoms with Gasteiger partial charge < -0.3 is 26.8 Å². The van der Waals surface area contributed by atoms with E-state index in [4.69, 9.17) is 26.8 Å². The molecule has 6 heteroatoms. The van der Waals surface area contributed by atoms with Crippen molar-refractivity contribution in [2.45, 2.75) is 38.1 Å². The van der Waals surface area contributed by atoms with Crippen LogP contribution in [0, 0.1) is 5.41 Å². The molecular weight excluding hydrogens is 224 g/mol. The summed E-state index contributed by atoms with van der Waals surface area (Å²) < 4.78 is 0. The van der Waals surface area contributed by atoms with Gasteiger partial charge in [-0.15, -0.1) is 0 Å². The Balaban J connectivity index is 4.13. The maximum atomic E-state index is 11.0. The number of unbranched alkanes of at least 4 members (excludes halogenated alkanes) is 2. The smallest absolute Gasteiger partial charge is 0.314 e. The molecule has 0 aliphatic rings. The second-order valence-electron chi connectivity index (χ2n) is 4.50. The van der Waals surface area contributed by atoms with Crippen molar-refractivity contribution in [3.8, 4) is 0 Å². The van der Waals surface area contributed by atoms with Crippen LogP contribution < -0.4 is 11.5 Å². The molecular formula is C11H24N2O4. The highest BCUT2D eigenvalue weighted by molar-refractivity contribution is 5.75. The summed E-state index contributed by atoms with van der Waals surface area (Å²) in [5.41, 5.74) is 9.65. The number of aliphatic hydroxyl groups is 2. The van der Waals surface area contributed by atoms with Gasteiger partial charge in [-0.05, 0) is 25.8 Å². The standard InChI is InChI=1S/C11H24N2O4/c12-5-3-1-2-4-9(13)6-11(7-14,8-15)10(16)17/h9,14-15H,1-8,12-13H2,(H,16,17). The Morgan fingerprint density at radius 2 is 1.76 bits per heavy atom. The van der Waals surface area contributed by atoms with Crippen LogP contribution in [0.4, 0.5) is 0 Å². The van der Waals surface area contributed by atoms with Gasteiger partial charge in [0.1, 0.15) is 5.41 Å². The summed E-state index contributed by atoms with van der Waals surface area (Å²) in [6.07, 6.45) is 3.53. The van der Waals surface area contributed by atoms with E-state index in [0.29, 0.717) is 13.0 Å². The zero-order chi connectivity index (χ0) is 13.3. The van der Waals surface area contributed by atoms with Gasteiger partial charge in [-0.2, -0.15) is 0 Å². The number of hydrogen-bond donors (Lipinski definition) is 5. The number of aliphatic hydroxyl groups excluding tert-OH is 2. The van der Waals surface area contributed by atoms with Crippen LogP contribution in [-0.4, -0.2) is 47.1 Å². The highest BCUT2D eigenvalue weighted by atomic mass is 16.4. The zero-order valence-electron chi connectivity index (χ0n) is 10.1. The fourth-order valence-electron chi connectivity index (χ4n) is 1.73. The molecule has 6 nitrogen and oxygen atoms in total. The van der Waals surface area contributed by atoms with Gasteiger partial charge >= 0.3 is 5.97 Å². The molecule has 102 valence electrons. The van der Waals surface area contributed by atoms with E-state index in [1.54, 1.807) is 0 Å². The van der Waals surface area contributed by atoms with Crippen LogP contribution in [0.3, 0.4) is 0 Å². The molecule has 0 amide bonds. The fraction of sp³-hybridized carbons (Fsp3) is 0.909. The molecule has 1 atom stereocenters. The first-order valence-corrected chi connectivity index (χ1v) is 5.93. The van der Waals surface area contributed by atoms with Crippen molar-refractivity contribution in [1.29, 1.82) is 0 Å². The molecule has 0 heterocycles. The summed E-state index contributed by atoms with van der Waals surface area (Å²) in [6.45, 7) is -0.563. The molecule has 0 radical (unpaired) electrons. The average Bonchev–Trinajstić information content (AvgIpc) is 2.31. The number of rotatable bonds is 10. The lowest BCUT2D eigenvalue weighted by molar-refractivity contribution is -0.155. The number of aliphatic carboxylic acids is 1. The molecule has 1 unspecified atom stereocenters. The molecule has 0 aromatic carbocycles. The third-order valence-electron chi connectivity index (χ3n) is 2.99. The molecule has 0 spiro atoms. The average molecular weight is 248 g/mol. The first-order chi connectivity index (χ1) is 8.02. The van der Waals surface area contributed by atoms with E-state index in [1.807, 2.05) is 0 Å². The quantitative estimate of drug-likeness (QED) is 0.324. The highest BCUT2D eigenvalue weighted by Gasteiger charge is 2.38. The second-order valence-corrected chi connectivity index (χ2v) is 4.50. The lowest BCUT2D eigenvalue weighted by Gasteiger charge is -2.27. The minimum absolute atomic E-state index is 0.0813. The van der Waals surface area contributed by atoms with Gasteiger partial charge in [-0.3, -0.25) is 4.79 Å². The summed E-state index contributed by atoms with van der Waals surface area (Å²) in [7, 11) is 0. The molecule has 17 heavy (non-hydrogen) atoms.